The molecule has 0 aliphatic heterocycles. The van der Waals surface area contributed by atoms with Crippen molar-refractivity contribution in [2.45, 2.75) is 53.9 Å². The second-order valence-electron chi connectivity index (χ2n) is 6.54. The normalized spacial score (nSPS) is 10.8. The molecule has 0 fully saturated rings. The van der Waals surface area contributed by atoms with Crippen molar-refractivity contribution in [1.29, 1.82) is 0 Å². The molecule has 2 heteroatoms. The van der Waals surface area contributed by atoms with Gasteiger partial charge in [0.2, 0.25) is 0 Å². The van der Waals surface area contributed by atoms with Crippen molar-refractivity contribution < 1.29 is 9.84 Å². The van der Waals surface area contributed by atoms with Gasteiger partial charge in [-0.1, -0.05) is 48.7 Å². The van der Waals surface area contributed by atoms with E-state index in [0.29, 0.717) is 12.2 Å². The maximum Gasteiger partial charge on any atom is 0.125 e. The predicted molar refractivity (Wildman–Crippen MR) is 96.7 cm³/mol. The molecule has 23 heavy (non-hydrogen) atoms. The van der Waals surface area contributed by atoms with Crippen molar-refractivity contribution in [2.75, 3.05) is 6.61 Å². The standard InChI is InChI=1S/C21H28O2/c1-6-7-8-23-21-17(5)10-15(3)12-19(21)13-18-11-14(2)9-16(4)20(18)22/h9-12,22H,6-8,13H2,1-5H3. The van der Waals surface area contributed by atoms with Gasteiger partial charge in [-0.3, -0.25) is 0 Å². The molecule has 2 rings (SSSR count). The van der Waals surface area contributed by atoms with E-state index in [0.717, 1.165) is 41.9 Å². The quantitative estimate of drug-likeness (QED) is 0.724. The van der Waals surface area contributed by atoms with Gasteiger partial charge in [0.05, 0.1) is 6.61 Å². The minimum absolute atomic E-state index is 0.397. The van der Waals surface area contributed by atoms with Crippen LogP contribution in [-0.4, -0.2) is 11.7 Å². The van der Waals surface area contributed by atoms with Gasteiger partial charge in [0.15, 0.2) is 0 Å². The van der Waals surface area contributed by atoms with Crippen LogP contribution in [0.25, 0.3) is 0 Å². The van der Waals surface area contributed by atoms with E-state index in [9.17, 15) is 5.11 Å². The molecule has 0 aliphatic carbocycles. The number of phenolic OH excluding ortho intramolecular Hbond substituents is 1. The average molecular weight is 312 g/mol. The van der Waals surface area contributed by atoms with Crippen LogP contribution in [0.5, 0.6) is 11.5 Å². The van der Waals surface area contributed by atoms with Crippen molar-refractivity contribution in [3.63, 3.8) is 0 Å². The second kappa shape index (κ2) is 7.54. The Bertz CT molecular complexity index is 687. The average Bonchev–Trinajstić information content (AvgIpc) is 2.47. The number of aryl methyl sites for hydroxylation is 4. The number of aromatic hydroxyl groups is 1. The Kier molecular flexibility index (Phi) is 5.70. The Morgan fingerprint density at radius 3 is 2.13 bits per heavy atom. The van der Waals surface area contributed by atoms with E-state index in [2.05, 4.69) is 45.9 Å². The minimum Gasteiger partial charge on any atom is -0.507 e. The van der Waals surface area contributed by atoms with Crippen LogP contribution in [0.15, 0.2) is 24.3 Å². The monoisotopic (exact) mass is 312 g/mol. The maximum atomic E-state index is 10.4. The molecule has 0 heterocycles. The lowest BCUT2D eigenvalue weighted by Gasteiger charge is -2.17. The Morgan fingerprint density at radius 1 is 0.870 bits per heavy atom. The maximum absolute atomic E-state index is 10.4. The molecule has 0 atom stereocenters. The predicted octanol–water partition coefficient (Wildman–Crippen LogP) is 5.40. The SMILES string of the molecule is CCCCOc1c(C)cc(C)cc1Cc1cc(C)cc(C)c1O. The van der Waals surface area contributed by atoms with Crippen molar-refractivity contribution in [1.82, 2.24) is 0 Å². The van der Waals surface area contributed by atoms with Gasteiger partial charge < -0.3 is 9.84 Å². The smallest absolute Gasteiger partial charge is 0.125 e. The Balaban J connectivity index is 2.38. The third kappa shape index (κ3) is 4.28. The molecule has 0 aliphatic rings. The molecule has 1 N–H and O–H groups in total. The molecular weight excluding hydrogens is 284 g/mol. The molecular formula is C21H28O2. The van der Waals surface area contributed by atoms with Gasteiger partial charge in [-0.15, -0.1) is 0 Å². The van der Waals surface area contributed by atoms with E-state index in [-0.39, 0.29) is 0 Å². The second-order valence-corrected chi connectivity index (χ2v) is 6.54. The topological polar surface area (TPSA) is 29.5 Å². The fraction of sp³-hybridized carbons (Fsp3) is 0.429. The summed E-state index contributed by atoms with van der Waals surface area (Å²) in [5.41, 5.74) is 6.61. The minimum atomic E-state index is 0.397. The van der Waals surface area contributed by atoms with Crippen LogP contribution in [0, 0.1) is 27.7 Å². The summed E-state index contributed by atoms with van der Waals surface area (Å²) in [7, 11) is 0. The molecule has 124 valence electrons. The van der Waals surface area contributed by atoms with E-state index < -0.39 is 0 Å². The molecule has 0 amide bonds. The first-order valence-electron chi connectivity index (χ1n) is 8.44. The van der Waals surface area contributed by atoms with Gasteiger partial charge in [-0.05, 0) is 56.4 Å². The van der Waals surface area contributed by atoms with Crippen LogP contribution < -0.4 is 4.74 Å². The summed E-state index contributed by atoms with van der Waals surface area (Å²) in [5.74, 6) is 1.37. The van der Waals surface area contributed by atoms with Crippen LogP contribution in [-0.2, 0) is 6.42 Å². The van der Waals surface area contributed by atoms with E-state index >= 15 is 0 Å². The highest BCUT2D eigenvalue weighted by atomic mass is 16.5. The zero-order valence-electron chi connectivity index (χ0n) is 15.0. The highest BCUT2D eigenvalue weighted by Crippen LogP contribution is 2.32. The van der Waals surface area contributed by atoms with Crippen LogP contribution >= 0.6 is 0 Å². The Hall–Kier alpha value is -1.96. The fourth-order valence-electron chi connectivity index (χ4n) is 3.09. The van der Waals surface area contributed by atoms with Crippen LogP contribution in [0.2, 0.25) is 0 Å². The van der Waals surface area contributed by atoms with Crippen LogP contribution in [0.4, 0.5) is 0 Å². The lowest BCUT2D eigenvalue weighted by atomic mass is 9.96. The van der Waals surface area contributed by atoms with Gasteiger partial charge in [-0.25, -0.2) is 0 Å². The van der Waals surface area contributed by atoms with Crippen molar-refractivity contribution in [3.8, 4) is 11.5 Å². The zero-order valence-corrected chi connectivity index (χ0v) is 15.0. The molecule has 0 spiro atoms. The summed E-state index contributed by atoms with van der Waals surface area (Å²) in [4.78, 5) is 0. The number of benzene rings is 2. The number of ether oxygens (including phenoxy) is 1. The number of unbranched alkanes of at least 4 members (excludes halogenated alkanes) is 1. The zero-order chi connectivity index (χ0) is 17.0. The summed E-state index contributed by atoms with van der Waals surface area (Å²) < 4.78 is 6.05. The fourth-order valence-corrected chi connectivity index (χ4v) is 3.09. The third-order valence-electron chi connectivity index (χ3n) is 4.14. The Morgan fingerprint density at radius 2 is 1.48 bits per heavy atom. The summed E-state index contributed by atoms with van der Waals surface area (Å²) in [6.07, 6.45) is 2.87. The number of phenols is 1. The largest absolute Gasteiger partial charge is 0.507 e. The number of rotatable bonds is 6. The van der Waals surface area contributed by atoms with Gasteiger partial charge >= 0.3 is 0 Å². The Labute approximate surface area is 140 Å². The lowest BCUT2D eigenvalue weighted by molar-refractivity contribution is 0.304. The van der Waals surface area contributed by atoms with Crippen molar-refractivity contribution in [3.05, 3.63) is 57.6 Å². The molecule has 0 bridgehead atoms. The first-order valence-corrected chi connectivity index (χ1v) is 8.44. The third-order valence-corrected chi connectivity index (χ3v) is 4.14. The van der Waals surface area contributed by atoms with E-state index in [1.807, 2.05) is 13.0 Å². The number of hydrogen-bond acceptors (Lipinski definition) is 2. The van der Waals surface area contributed by atoms with E-state index in [4.69, 9.17) is 4.74 Å². The number of hydrogen-bond donors (Lipinski definition) is 1. The van der Waals surface area contributed by atoms with E-state index in [1.54, 1.807) is 0 Å². The molecule has 0 aromatic heterocycles. The van der Waals surface area contributed by atoms with Gasteiger partial charge in [0, 0.05) is 6.42 Å². The van der Waals surface area contributed by atoms with Gasteiger partial charge in [0.25, 0.3) is 0 Å². The highest BCUT2D eigenvalue weighted by molar-refractivity contribution is 5.50. The molecule has 2 nitrogen and oxygen atoms in total. The van der Waals surface area contributed by atoms with Crippen LogP contribution in [0.1, 0.15) is 53.1 Å². The van der Waals surface area contributed by atoms with Gasteiger partial charge in [-0.2, -0.15) is 0 Å². The van der Waals surface area contributed by atoms with E-state index in [1.165, 1.54) is 16.7 Å². The first-order chi connectivity index (χ1) is 10.9. The molecule has 2 aromatic rings. The molecule has 0 saturated carbocycles. The molecule has 0 saturated heterocycles. The van der Waals surface area contributed by atoms with Crippen LogP contribution in [0.3, 0.4) is 0 Å². The molecule has 0 unspecified atom stereocenters. The summed E-state index contributed by atoms with van der Waals surface area (Å²) in [5, 5.41) is 10.4. The molecule has 0 radical (unpaired) electrons. The highest BCUT2D eigenvalue weighted by Gasteiger charge is 2.13. The van der Waals surface area contributed by atoms with Crippen molar-refractivity contribution in [2.24, 2.45) is 0 Å². The summed E-state index contributed by atoms with van der Waals surface area (Å²) in [6, 6.07) is 8.41. The van der Waals surface area contributed by atoms with Crippen molar-refractivity contribution >= 4 is 0 Å². The summed E-state index contributed by atoms with van der Waals surface area (Å²) >= 11 is 0. The first kappa shape index (κ1) is 17.4. The summed E-state index contributed by atoms with van der Waals surface area (Å²) in [6.45, 7) is 11.1. The molecule has 2 aromatic carbocycles. The lowest BCUT2D eigenvalue weighted by Crippen LogP contribution is -2.03. The van der Waals surface area contributed by atoms with Gasteiger partial charge in [0.1, 0.15) is 11.5 Å².